The van der Waals surface area contributed by atoms with Gasteiger partial charge >= 0.3 is 0 Å². The second-order valence-electron chi connectivity index (χ2n) is 11.8. The van der Waals surface area contributed by atoms with Crippen LogP contribution in [0.5, 0.6) is 0 Å². The van der Waals surface area contributed by atoms with Crippen LogP contribution in [0.1, 0.15) is 70.1 Å². The third kappa shape index (κ3) is 3.60. The molecule has 4 aromatic carbocycles. The van der Waals surface area contributed by atoms with Crippen LogP contribution in [0, 0.1) is 0 Å². The molecular formula is C34H35N. The van der Waals surface area contributed by atoms with Gasteiger partial charge in [0.05, 0.1) is 0 Å². The summed E-state index contributed by atoms with van der Waals surface area (Å²) >= 11 is 0. The summed E-state index contributed by atoms with van der Waals surface area (Å²) in [6.07, 6.45) is 2.58. The van der Waals surface area contributed by atoms with Crippen molar-refractivity contribution in [1.82, 2.24) is 0 Å². The van der Waals surface area contributed by atoms with Gasteiger partial charge in [0.25, 0.3) is 0 Å². The number of nitrogens with zero attached hydrogens (tertiary/aromatic N) is 1. The van der Waals surface area contributed by atoms with Crippen molar-refractivity contribution in [2.24, 2.45) is 0 Å². The lowest BCUT2D eigenvalue weighted by Crippen LogP contribution is -2.38. The van der Waals surface area contributed by atoms with Gasteiger partial charge in [-0.2, -0.15) is 0 Å². The Morgan fingerprint density at radius 3 is 1.97 bits per heavy atom. The molecule has 0 bridgehead atoms. The number of benzene rings is 4. The highest BCUT2D eigenvalue weighted by Crippen LogP contribution is 2.55. The van der Waals surface area contributed by atoms with E-state index in [4.69, 9.17) is 0 Å². The van der Waals surface area contributed by atoms with Crippen molar-refractivity contribution in [2.45, 2.75) is 64.3 Å². The van der Waals surface area contributed by atoms with Gasteiger partial charge in [0.15, 0.2) is 0 Å². The first-order valence-corrected chi connectivity index (χ1v) is 13.0. The van der Waals surface area contributed by atoms with Crippen LogP contribution in [0.25, 0.3) is 22.3 Å². The van der Waals surface area contributed by atoms with Crippen molar-refractivity contribution in [3.63, 3.8) is 0 Å². The van der Waals surface area contributed by atoms with Crippen LogP contribution in [-0.2, 0) is 5.41 Å². The molecular weight excluding hydrogens is 422 g/mol. The molecule has 4 aromatic rings. The van der Waals surface area contributed by atoms with Crippen molar-refractivity contribution < 1.29 is 0 Å². The fraction of sp³-hybridized carbons (Fsp3) is 0.294. The third-order valence-electron chi connectivity index (χ3n) is 7.89. The topological polar surface area (TPSA) is 3.24 Å². The van der Waals surface area contributed by atoms with E-state index in [1.54, 1.807) is 0 Å². The van der Waals surface area contributed by atoms with E-state index in [9.17, 15) is 0 Å². The predicted octanol–water partition coefficient (Wildman–Crippen LogP) is 9.47. The van der Waals surface area contributed by atoms with E-state index in [0.29, 0.717) is 5.92 Å². The molecule has 1 saturated carbocycles. The molecule has 0 unspecified atom stereocenters. The number of hydrogen-bond acceptors (Lipinski definition) is 1. The molecule has 0 heterocycles. The van der Waals surface area contributed by atoms with Crippen molar-refractivity contribution in [1.29, 1.82) is 0 Å². The van der Waals surface area contributed by atoms with Crippen LogP contribution in [-0.4, -0.2) is 5.54 Å². The Morgan fingerprint density at radius 1 is 0.657 bits per heavy atom. The number of fused-ring (bicyclic) bond motifs is 3. The van der Waals surface area contributed by atoms with Crippen LogP contribution < -0.4 is 4.90 Å². The average Bonchev–Trinajstić information content (AvgIpc) is 3.66. The van der Waals surface area contributed by atoms with Crippen LogP contribution >= 0.6 is 0 Å². The fourth-order valence-corrected chi connectivity index (χ4v) is 6.05. The summed E-state index contributed by atoms with van der Waals surface area (Å²) in [6, 6.07) is 33.8. The first-order valence-electron chi connectivity index (χ1n) is 13.0. The average molecular weight is 458 g/mol. The predicted molar refractivity (Wildman–Crippen MR) is 150 cm³/mol. The molecule has 0 saturated heterocycles. The fourth-order valence-electron chi connectivity index (χ4n) is 6.05. The zero-order chi connectivity index (χ0) is 24.4. The largest absolute Gasteiger partial charge is 0.335 e. The second kappa shape index (κ2) is 7.85. The smallest absolute Gasteiger partial charge is 0.0495 e. The molecule has 1 fully saturated rings. The zero-order valence-corrected chi connectivity index (χ0v) is 21.6. The minimum Gasteiger partial charge on any atom is -0.335 e. The second-order valence-corrected chi connectivity index (χ2v) is 11.8. The van der Waals surface area contributed by atoms with Crippen LogP contribution in [0.3, 0.4) is 0 Å². The summed E-state index contributed by atoms with van der Waals surface area (Å²) in [6.45, 7) is 11.8. The summed E-state index contributed by atoms with van der Waals surface area (Å²) in [4.78, 5) is 2.61. The highest BCUT2D eigenvalue weighted by atomic mass is 15.2. The normalized spacial score (nSPS) is 16.0. The van der Waals surface area contributed by atoms with Gasteiger partial charge in [-0.05, 0) is 85.0 Å². The maximum atomic E-state index is 2.61. The van der Waals surface area contributed by atoms with Gasteiger partial charge in [0, 0.05) is 27.9 Å². The van der Waals surface area contributed by atoms with E-state index < -0.39 is 0 Å². The van der Waals surface area contributed by atoms with Crippen molar-refractivity contribution >= 4 is 11.4 Å². The summed E-state index contributed by atoms with van der Waals surface area (Å²) in [5, 5.41) is 0. The van der Waals surface area contributed by atoms with E-state index in [2.05, 4.69) is 131 Å². The molecule has 1 nitrogen and oxygen atoms in total. The molecule has 2 aliphatic rings. The highest BCUT2D eigenvalue weighted by molar-refractivity contribution is 5.89. The Hall–Kier alpha value is -3.32. The van der Waals surface area contributed by atoms with Crippen LogP contribution in [0.15, 0.2) is 91.0 Å². The number of rotatable bonds is 4. The molecule has 1 heteroatoms. The lowest BCUT2D eigenvalue weighted by atomic mass is 9.81. The molecule has 0 radical (unpaired) electrons. The van der Waals surface area contributed by atoms with E-state index in [-0.39, 0.29) is 11.0 Å². The molecule has 2 aliphatic carbocycles. The first kappa shape index (κ1) is 22.2. The van der Waals surface area contributed by atoms with Gasteiger partial charge < -0.3 is 4.90 Å². The van der Waals surface area contributed by atoms with Crippen molar-refractivity contribution in [3.8, 4) is 22.3 Å². The van der Waals surface area contributed by atoms with E-state index in [0.717, 1.165) is 0 Å². The summed E-state index contributed by atoms with van der Waals surface area (Å²) < 4.78 is 0. The molecule has 176 valence electrons. The molecule has 0 amide bonds. The minimum atomic E-state index is -0.0869. The molecule has 0 aromatic heterocycles. The highest BCUT2D eigenvalue weighted by Gasteiger charge is 2.40. The number of anilines is 2. The van der Waals surface area contributed by atoms with Gasteiger partial charge in [-0.25, -0.2) is 0 Å². The van der Waals surface area contributed by atoms with Gasteiger partial charge in [-0.1, -0.05) is 92.7 Å². The zero-order valence-electron chi connectivity index (χ0n) is 21.6. The molecule has 0 atom stereocenters. The Balaban J connectivity index is 1.62. The maximum Gasteiger partial charge on any atom is 0.0495 e. The van der Waals surface area contributed by atoms with E-state index in [1.165, 1.54) is 63.2 Å². The maximum absolute atomic E-state index is 2.61. The number of hydrogen-bond donors (Lipinski definition) is 0. The molecule has 6 rings (SSSR count). The van der Waals surface area contributed by atoms with Crippen molar-refractivity contribution in [3.05, 3.63) is 108 Å². The van der Waals surface area contributed by atoms with Crippen LogP contribution in [0.2, 0.25) is 0 Å². The van der Waals surface area contributed by atoms with Gasteiger partial charge in [-0.3, -0.25) is 0 Å². The van der Waals surface area contributed by atoms with Gasteiger partial charge in [-0.15, -0.1) is 0 Å². The third-order valence-corrected chi connectivity index (χ3v) is 7.89. The summed E-state index contributed by atoms with van der Waals surface area (Å²) in [5.41, 5.74) is 12.4. The molecule has 0 spiro atoms. The number of para-hydroxylation sites is 1. The Morgan fingerprint density at radius 2 is 1.29 bits per heavy atom. The lowest BCUT2D eigenvalue weighted by molar-refractivity contribution is 0.559. The van der Waals surface area contributed by atoms with Gasteiger partial charge in [0.2, 0.25) is 0 Å². The Bertz CT molecular complexity index is 1400. The molecule has 0 aliphatic heterocycles. The standard InChI is InChI=1S/C34H35N/c1-33(2,3)35(31-18-12-10-15-25(31)23-13-7-6-8-14-23)32-22-28-26-16-9-11-17-29(26)34(4,5)30(28)21-27(32)24-19-20-24/h6-18,21-22,24H,19-20H2,1-5H3. The van der Waals surface area contributed by atoms with Crippen molar-refractivity contribution in [2.75, 3.05) is 4.90 Å². The monoisotopic (exact) mass is 457 g/mol. The van der Waals surface area contributed by atoms with Gasteiger partial charge in [0.1, 0.15) is 0 Å². The van der Waals surface area contributed by atoms with E-state index in [1.807, 2.05) is 0 Å². The Labute approximate surface area is 210 Å². The molecule has 35 heavy (non-hydrogen) atoms. The van der Waals surface area contributed by atoms with E-state index >= 15 is 0 Å². The summed E-state index contributed by atoms with van der Waals surface area (Å²) in [5.74, 6) is 0.656. The Kier molecular flexibility index (Phi) is 4.97. The minimum absolute atomic E-state index is 0.0304. The quantitative estimate of drug-likeness (QED) is 0.295. The summed E-state index contributed by atoms with van der Waals surface area (Å²) in [7, 11) is 0. The lowest BCUT2D eigenvalue weighted by Gasteiger charge is -2.41. The van der Waals surface area contributed by atoms with Crippen LogP contribution in [0.4, 0.5) is 11.4 Å². The SMILES string of the molecule is CC1(C)c2ccccc2-c2cc(N(c3ccccc3-c3ccccc3)C(C)(C)C)c(C3CC3)cc21. The molecule has 0 N–H and O–H groups in total. The first-order chi connectivity index (χ1) is 16.8.